The van der Waals surface area contributed by atoms with E-state index in [0.717, 1.165) is 27.7 Å². The summed E-state index contributed by atoms with van der Waals surface area (Å²) < 4.78 is 77.6. The fraction of sp³-hybridized carbons (Fsp3) is 0.478. The van der Waals surface area contributed by atoms with Gasteiger partial charge in [0, 0.05) is 40.2 Å². The average Bonchev–Trinajstić information content (AvgIpc) is 3.28. The normalized spacial score (nSPS) is 26.7. The number of halogens is 1. The van der Waals surface area contributed by atoms with Crippen molar-refractivity contribution >= 4 is 53.0 Å². The number of hydrogen-bond donors (Lipinski definition) is 1. The van der Waals surface area contributed by atoms with Gasteiger partial charge in [0.15, 0.2) is 54.8 Å². The number of anilines is 1. The number of nitrogens with one attached hydrogen (secondary N) is 1. The Hall–Kier alpha value is -5.87. The van der Waals surface area contributed by atoms with Gasteiger partial charge >= 0.3 is 29.8 Å². The molecule has 3 heterocycles. The van der Waals surface area contributed by atoms with Crippen LogP contribution in [0, 0.1) is 0 Å². The molecule has 11 atom stereocenters. The summed E-state index contributed by atoms with van der Waals surface area (Å²) in [6.45, 7) is 4.84. The zero-order valence-corrected chi connectivity index (χ0v) is 38.4. The number of amides is 1. The highest BCUT2D eigenvalue weighted by Crippen LogP contribution is 2.40. The van der Waals surface area contributed by atoms with Gasteiger partial charge in [-0.15, -0.1) is 0 Å². The average molecular weight is 958 g/mol. The largest absolute Gasteiger partial charge is 0.493 e. The molecule has 11 unspecified atom stereocenters. The van der Waals surface area contributed by atoms with E-state index in [9.17, 15) is 28.8 Å². The van der Waals surface area contributed by atoms with Gasteiger partial charge in [0.1, 0.15) is 31.0 Å². The third-order valence-corrected chi connectivity index (χ3v) is 10.7. The van der Waals surface area contributed by atoms with E-state index in [-0.39, 0.29) is 36.3 Å². The summed E-state index contributed by atoms with van der Waals surface area (Å²) >= 11 is 6.30. The molecule has 3 saturated heterocycles. The Bertz CT molecular complexity index is 2240. The van der Waals surface area contributed by atoms with E-state index >= 15 is 0 Å². The Kier molecular flexibility index (Phi) is 17.5. The number of carbonyl (C=O) groups excluding carboxylic acids is 6. The van der Waals surface area contributed by atoms with Crippen molar-refractivity contribution in [2.24, 2.45) is 0 Å². The Morgan fingerprint density at radius 2 is 1.30 bits per heavy atom. The first kappa shape index (κ1) is 50.5. The highest BCUT2D eigenvalue weighted by molar-refractivity contribution is 6.33. The molecular weight excluding hydrogens is 906 g/mol. The minimum atomic E-state index is -1.66. The maximum absolute atomic E-state index is 13.5. The molecule has 3 aromatic carbocycles. The standard InChI is InChI=1S/C46H52ClNO19/c1-23(49)48-32-17-29(13-15-31(32)47)20-58-45-42(62-26(4)52)40(60-24(2)50)39(35(64-45)21-57-37(54)19-28-14-16-33(55-6)34(18-28)56-7)67-46-43(63-27(5)53)41(61-25(3)51)38-36(65-46)22-59-44(66-38)30-11-9-8-10-12-30/h8-18,35-36,38-46H,19-22H2,1-7H3,(H,48,49). The van der Waals surface area contributed by atoms with Crippen LogP contribution in [0.1, 0.15) is 57.6 Å². The molecule has 21 heteroatoms. The number of fused-ring (bicyclic) bond motifs is 1. The molecule has 0 radical (unpaired) electrons. The van der Waals surface area contributed by atoms with Crippen molar-refractivity contribution in [3.63, 3.8) is 0 Å². The summed E-state index contributed by atoms with van der Waals surface area (Å²) in [5.74, 6) is -3.59. The Labute approximate surface area is 390 Å². The smallest absolute Gasteiger partial charge is 0.310 e. The predicted molar refractivity (Wildman–Crippen MR) is 229 cm³/mol. The summed E-state index contributed by atoms with van der Waals surface area (Å²) in [6, 6.07) is 18.5. The molecule has 67 heavy (non-hydrogen) atoms. The first-order valence-electron chi connectivity index (χ1n) is 21.0. The van der Waals surface area contributed by atoms with Crippen LogP contribution in [0.25, 0.3) is 0 Å². The molecular formula is C46H52ClNO19. The minimum Gasteiger partial charge on any atom is -0.493 e. The molecule has 0 aromatic heterocycles. The molecule has 0 aliphatic carbocycles. The zero-order valence-electron chi connectivity index (χ0n) is 37.7. The highest BCUT2D eigenvalue weighted by atomic mass is 35.5. The van der Waals surface area contributed by atoms with E-state index in [0.29, 0.717) is 28.2 Å². The van der Waals surface area contributed by atoms with Gasteiger partial charge in [0.2, 0.25) is 5.91 Å². The van der Waals surface area contributed by atoms with E-state index in [1.54, 1.807) is 54.6 Å². The van der Waals surface area contributed by atoms with Gasteiger partial charge in [-0.05, 0) is 35.4 Å². The summed E-state index contributed by atoms with van der Waals surface area (Å²) in [4.78, 5) is 76.7. The van der Waals surface area contributed by atoms with E-state index in [4.69, 9.17) is 73.2 Å². The van der Waals surface area contributed by atoms with Gasteiger partial charge in [0.25, 0.3) is 0 Å². The molecule has 3 fully saturated rings. The first-order chi connectivity index (χ1) is 32.0. The SMILES string of the molecule is COc1ccc(CC(=O)OCC2OC(OCc3ccc(Cl)c(NC(C)=O)c3)C(OC(C)=O)C(OC(C)=O)C2OC2OC3COC(c4ccccc4)OC3C(OC(C)=O)C2OC(C)=O)cc1OC. The summed E-state index contributed by atoms with van der Waals surface area (Å²) in [5, 5.41) is 2.88. The first-order valence-corrected chi connectivity index (χ1v) is 21.4. The molecule has 3 aromatic rings. The summed E-state index contributed by atoms with van der Waals surface area (Å²) in [7, 11) is 2.92. The molecule has 1 N–H and O–H groups in total. The van der Waals surface area contributed by atoms with Crippen molar-refractivity contribution in [1.82, 2.24) is 0 Å². The van der Waals surface area contributed by atoms with Crippen LogP contribution in [-0.2, 0) is 93.9 Å². The van der Waals surface area contributed by atoms with Crippen LogP contribution in [0.5, 0.6) is 11.5 Å². The minimum absolute atomic E-state index is 0.124. The summed E-state index contributed by atoms with van der Waals surface area (Å²) in [6.07, 6.45) is -15.6. The number of methoxy groups -OCH3 is 2. The molecule has 20 nitrogen and oxygen atoms in total. The number of hydrogen-bond acceptors (Lipinski definition) is 19. The van der Waals surface area contributed by atoms with Gasteiger partial charge in [-0.3, -0.25) is 28.8 Å². The monoisotopic (exact) mass is 957 g/mol. The Morgan fingerprint density at radius 1 is 0.672 bits per heavy atom. The molecule has 0 spiro atoms. The van der Waals surface area contributed by atoms with Crippen molar-refractivity contribution in [3.05, 3.63) is 88.4 Å². The lowest BCUT2D eigenvalue weighted by molar-refractivity contribution is -0.386. The number of ether oxygens (including phenoxy) is 13. The van der Waals surface area contributed by atoms with Crippen molar-refractivity contribution in [1.29, 1.82) is 0 Å². The molecule has 1 amide bonds. The Morgan fingerprint density at radius 3 is 1.94 bits per heavy atom. The van der Waals surface area contributed by atoms with Gasteiger partial charge in [-0.25, -0.2) is 0 Å². The topological polar surface area (TPSA) is 234 Å². The molecule has 0 bridgehead atoms. The molecule has 0 saturated carbocycles. The van der Waals surface area contributed by atoms with E-state index in [2.05, 4.69) is 5.32 Å². The van der Waals surface area contributed by atoms with Gasteiger partial charge in [-0.1, -0.05) is 54.1 Å². The molecule has 362 valence electrons. The van der Waals surface area contributed by atoms with Gasteiger partial charge in [-0.2, -0.15) is 0 Å². The maximum Gasteiger partial charge on any atom is 0.310 e. The van der Waals surface area contributed by atoms with Crippen LogP contribution in [0.4, 0.5) is 5.69 Å². The number of rotatable bonds is 17. The lowest BCUT2D eigenvalue weighted by Gasteiger charge is -2.50. The molecule has 6 rings (SSSR count). The van der Waals surface area contributed by atoms with E-state index in [1.165, 1.54) is 27.2 Å². The molecule has 3 aliphatic rings. The lowest BCUT2D eigenvalue weighted by atomic mass is 9.95. The van der Waals surface area contributed by atoms with Crippen molar-refractivity contribution in [2.75, 3.05) is 32.8 Å². The van der Waals surface area contributed by atoms with Crippen molar-refractivity contribution < 1.29 is 90.3 Å². The van der Waals surface area contributed by atoms with Gasteiger partial charge < -0.3 is 66.9 Å². The van der Waals surface area contributed by atoms with Crippen LogP contribution in [0.2, 0.25) is 5.02 Å². The number of benzene rings is 3. The third kappa shape index (κ3) is 13.4. The maximum atomic E-state index is 13.5. The van der Waals surface area contributed by atoms with Gasteiger partial charge in [0.05, 0.1) is 44.6 Å². The second kappa shape index (κ2) is 23.2. The molecule has 3 aliphatic heterocycles. The number of carbonyl (C=O) groups is 6. The van der Waals surface area contributed by atoms with Crippen LogP contribution >= 0.6 is 11.6 Å². The van der Waals surface area contributed by atoms with E-state index < -0.39 is 104 Å². The highest BCUT2D eigenvalue weighted by Gasteiger charge is 2.58. The van der Waals surface area contributed by atoms with Crippen molar-refractivity contribution in [2.45, 2.75) is 115 Å². The third-order valence-electron chi connectivity index (χ3n) is 10.4. The van der Waals surface area contributed by atoms with Crippen LogP contribution < -0.4 is 14.8 Å². The van der Waals surface area contributed by atoms with Crippen molar-refractivity contribution in [3.8, 4) is 11.5 Å². The van der Waals surface area contributed by atoms with Crippen LogP contribution in [0.15, 0.2) is 66.7 Å². The second-order valence-electron chi connectivity index (χ2n) is 15.5. The quantitative estimate of drug-likeness (QED) is 0.147. The number of esters is 5. The Balaban J connectivity index is 1.36. The fourth-order valence-corrected chi connectivity index (χ4v) is 7.86. The van der Waals surface area contributed by atoms with Crippen LogP contribution in [-0.4, -0.2) is 125 Å². The fourth-order valence-electron chi connectivity index (χ4n) is 7.70. The van der Waals surface area contributed by atoms with Crippen LogP contribution in [0.3, 0.4) is 0 Å². The zero-order chi connectivity index (χ0) is 48.4. The predicted octanol–water partition coefficient (Wildman–Crippen LogP) is 4.29. The van der Waals surface area contributed by atoms with E-state index in [1.807, 2.05) is 6.07 Å². The summed E-state index contributed by atoms with van der Waals surface area (Å²) in [5.41, 5.74) is 1.92. The second-order valence-corrected chi connectivity index (χ2v) is 15.9. The lowest BCUT2D eigenvalue weighted by Crippen LogP contribution is -2.67.